The van der Waals surface area contributed by atoms with E-state index in [4.69, 9.17) is 11.0 Å². The van der Waals surface area contributed by atoms with Crippen LogP contribution >= 0.6 is 0 Å². The molecule has 4 saturated carbocycles. The molecule has 4 aliphatic carbocycles. The minimum absolute atomic E-state index is 0.107. The Labute approximate surface area is 88.7 Å². The molecular weight excluding hydrogens is 194 g/mol. The van der Waals surface area contributed by atoms with Crippen LogP contribution < -0.4 is 5.73 Å². The number of rotatable bonds is 1. The maximum Gasteiger partial charge on any atom is 0.349 e. The standard InChI is InChI=1S/C11H17NO3/c12-9-8-2-6-1-7(3-8)5-11(9,4-6)10(13)15-14/h6-9,14H,1-5,12H2. The molecule has 0 aromatic carbocycles. The summed E-state index contributed by atoms with van der Waals surface area (Å²) in [5.41, 5.74) is 5.60. The van der Waals surface area contributed by atoms with Crippen molar-refractivity contribution in [1.82, 2.24) is 0 Å². The van der Waals surface area contributed by atoms with Crippen LogP contribution in [0.4, 0.5) is 0 Å². The van der Waals surface area contributed by atoms with Crippen molar-refractivity contribution in [2.24, 2.45) is 28.9 Å². The molecule has 4 rings (SSSR count). The second-order valence-corrected chi connectivity index (χ2v) is 5.67. The minimum Gasteiger partial charge on any atom is -0.326 e. The van der Waals surface area contributed by atoms with Gasteiger partial charge >= 0.3 is 5.97 Å². The van der Waals surface area contributed by atoms with E-state index in [9.17, 15) is 4.79 Å². The SMILES string of the molecule is NC1C2CC3CC(C2)CC1(C(=O)OO)C3. The first-order valence-corrected chi connectivity index (χ1v) is 5.77. The van der Waals surface area contributed by atoms with Crippen LogP contribution in [0.2, 0.25) is 0 Å². The predicted octanol–water partition coefficient (Wildman–Crippen LogP) is 1.16. The molecule has 4 bridgehead atoms. The van der Waals surface area contributed by atoms with Gasteiger partial charge in [0, 0.05) is 6.04 Å². The number of hydrogen-bond donors (Lipinski definition) is 2. The zero-order valence-corrected chi connectivity index (χ0v) is 8.69. The summed E-state index contributed by atoms with van der Waals surface area (Å²) in [6.07, 6.45) is 5.21. The zero-order chi connectivity index (χ0) is 10.6. The van der Waals surface area contributed by atoms with Crippen LogP contribution in [0.5, 0.6) is 0 Å². The van der Waals surface area contributed by atoms with Gasteiger partial charge in [0.1, 0.15) is 0 Å². The summed E-state index contributed by atoms with van der Waals surface area (Å²) < 4.78 is 0. The van der Waals surface area contributed by atoms with Crippen LogP contribution in [0.3, 0.4) is 0 Å². The van der Waals surface area contributed by atoms with E-state index in [2.05, 4.69) is 4.89 Å². The first kappa shape index (κ1) is 9.60. The van der Waals surface area contributed by atoms with Crippen molar-refractivity contribution >= 4 is 5.97 Å². The number of hydrogen-bond acceptors (Lipinski definition) is 4. The average Bonchev–Trinajstić information content (AvgIpc) is 2.23. The Morgan fingerprint density at radius 2 is 1.87 bits per heavy atom. The van der Waals surface area contributed by atoms with Gasteiger partial charge in [-0.3, -0.25) is 0 Å². The average molecular weight is 211 g/mol. The highest BCUT2D eigenvalue weighted by molar-refractivity contribution is 5.78. The van der Waals surface area contributed by atoms with Gasteiger partial charge in [-0.05, 0) is 49.9 Å². The fourth-order valence-electron chi connectivity index (χ4n) is 4.47. The molecule has 0 radical (unpaired) electrons. The quantitative estimate of drug-likeness (QED) is 0.504. The van der Waals surface area contributed by atoms with E-state index in [-0.39, 0.29) is 6.04 Å². The molecule has 0 saturated heterocycles. The van der Waals surface area contributed by atoms with E-state index in [1.54, 1.807) is 0 Å². The van der Waals surface area contributed by atoms with E-state index >= 15 is 0 Å². The van der Waals surface area contributed by atoms with E-state index in [0.717, 1.165) is 25.7 Å². The number of carbonyl (C=O) groups excluding carboxylic acids is 1. The van der Waals surface area contributed by atoms with Crippen molar-refractivity contribution in [1.29, 1.82) is 0 Å². The molecule has 84 valence electrons. The van der Waals surface area contributed by atoms with Gasteiger partial charge in [-0.15, -0.1) is 0 Å². The second-order valence-electron chi connectivity index (χ2n) is 5.67. The Balaban J connectivity index is 1.97. The molecule has 0 aliphatic heterocycles. The number of carbonyl (C=O) groups is 1. The van der Waals surface area contributed by atoms with Gasteiger partial charge in [-0.25, -0.2) is 4.79 Å². The molecule has 4 aliphatic rings. The summed E-state index contributed by atoms with van der Waals surface area (Å²) in [4.78, 5) is 15.7. The lowest BCUT2D eigenvalue weighted by atomic mass is 9.47. The van der Waals surface area contributed by atoms with Crippen molar-refractivity contribution in [3.05, 3.63) is 0 Å². The van der Waals surface area contributed by atoms with Gasteiger partial charge in [-0.1, -0.05) is 0 Å². The lowest BCUT2D eigenvalue weighted by molar-refractivity contribution is -0.256. The topological polar surface area (TPSA) is 72.6 Å². The lowest BCUT2D eigenvalue weighted by Crippen LogP contribution is -2.63. The maximum absolute atomic E-state index is 11.7. The van der Waals surface area contributed by atoms with Crippen molar-refractivity contribution in [2.45, 2.75) is 38.1 Å². The smallest absolute Gasteiger partial charge is 0.326 e. The molecule has 15 heavy (non-hydrogen) atoms. The normalized spacial score (nSPS) is 51.9. The fourth-order valence-corrected chi connectivity index (χ4v) is 4.47. The summed E-state index contributed by atoms with van der Waals surface area (Å²) in [6.45, 7) is 0. The highest BCUT2D eigenvalue weighted by atomic mass is 17.1. The summed E-state index contributed by atoms with van der Waals surface area (Å²) in [6, 6.07) is -0.107. The van der Waals surface area contributed by atoms with Crippen LogP contribution in [-0.2, 0) is 9.68 Å². The third kappa shape index (κ3) is 1.12. The molecule has 0 aromatic rings. The second kappa shape index (κ2) is 2.95. The molecule has 4 fully saturated rings. The van der Waals surface area contributed by atoms with Crippen molar-refractivity contribution in [3.8, 4) is 0 Å². The van der Waals surface area contributed by atoms with Crippen molar-refractivity contribution in [2.75, 3.05) is 0 Å². The minimum atomic E-state index is -0.566. The van der Waals surface area contributed by atoms with Crippen LogP contribution in [0.1, 0.15) is 32.1 Å². The zero-order valence-electron chi connectivity index (χ0n) is 8.69. The molecule has 0 aromatic heterocycles. The molecule has 0 heterocycles. The molecule has 0 amide bonds. The molecule has 4 heteroatoms. The largest absolute Gasteiger partial charge is 0.349 e. The van der Waals surface area contributed by atoms with E-state index in [1.165, 1.54) is 6.42 Å². The molecule has 4 nitrogen and oxygen atoms in total. The van der Waals surface area contributed by atoms with Gasteiger partial charge < -0.3 is 10.6 Å². The molecule has 3 unspecified atom stereocenters. The van der Waals surface area contributed by atoms with Gasteiger partial charge in [-0.2, -0.15) is 5.26 Å². The highest BCUT2D eigenvalue weighted by Gasteiger charge is 2.60. The van der Waals surface area contributed by atoms with Gasteiger partial charge in [0.2, 0.25) is 0 Å². The molecule has 3 atom stereocenters. The Hall–Kier alpha value is -0.610. The third-order valence-electron chi connectivity index (χ3n) is 4.88. The molecule has 3 N–H and O–H groups in total. The summed E-state index contributed by atoms with van der Waals surface area (Å²) in [7, 11) is 0. The van der Waals surface area contributed by atoms with Crippen molar-refractivity contribution in [3.63, 3.8) is 0 Å². The first-order valence-electron chi connectivity index (χ1n) is 5.77. The van der Waals surface area contributed by atoms with Gasteiger partial charge in [0.05, 0.1) is 5.41 Å². The third-order valence-corrected chi connectivity index (χ3v) is 4.88. The number of nitrogens with two attached hydrogens (primary N) is 1. The van der Waals surface area contributed by atoms with Gasteiger partial charge in [0.25, 0.3) is 0 Å². The fraction of sp³-hybridized carbons (Fsp3) is 0.909. The summed E-state index contributed by atoms with van der Waals surface area (Å²) >= 11 is 0. The lowest BCUT2D eigenvalue weighted by Gasteiger charge is -2.58. The summed E-state index contributed by atoms with van der Waals surface area (Å²) in [5.74, 6) is 1.23. The monoisotopic (exact) mass is 211 g/mol. The van der Waals surface area contributed by atoms with Crippen LogP contribution in [0.25, 0.3) is 0 Å². The first-order chi connectivity index (χ1) is 7.15. The Morgan fingerprint density at radius 1 is 1.27 bits per heavy atom. The van der Waals surface area contributed by atoms with Crippen LogP contribution in [-0.4, -0.2) is 17.3 Å². The van der Waals surface area contributed by atoms with E-state index < -0.39 is 11.4 Å². The maximum atomic E-state index is 11.7. The Morgan fingerprint density at radius 3 is 2.40 bits per heavy atom. The molecule has 0 spiro atoms. The molecular formula is C11H17NO3. The van der Waals surface area contributed by atoms with E-state index in [1.807, 2.05) is 0 Å². The van der Waals surface area contributed by atoms with Crippen LogP contribution in [0.15, 0.2) is 0 Å². The van der Waals surface area contributed by atoms with Gasteiger partial charge in [0.15, 0.2) is 0 Å². The van der Waals surface area contributed by atoms with E-state index in [0.29, 0.717) is 17.8 Å². The van der Waals surface area contributed by atoms with Crippen molar-refractivity contribution < 1.29 is 14.9 Å². The summed E-state index contributed by atoms with van der Waals surface area (Å²) in [5, 5.41) is 8.61. The highest BCUT2D eigenvalue weighted by Crippen LogP contribution is 2.59. The predicted molar refractivity (Wildman–Crippen MR) is 52.7 cm³/mol. The van der Waals surface area contributed by atoms with Crippen LogP contribution in [0, 0.1) is 23.2 Å². The Kier molecular flexibility index (Phi) is 1.89. The Bertz CT molecular complexity index is 290.